The highest BCUT2D eigenvalue weighted by molar-refractivity contribution is 5.56. The molecule has 0 aliphatic carbocycles. The Morgan fingerprint density at radius 1 is 0.857 bits per heavy atom. The lowest BCUT2D eigenvalue weighted by Gasteiger charge is -2.30. The van der Waals surface area contributed by atoms with Crippen LogP contribution in [0.5, 0.6) is 23.0 Å². The lowest BCUT2D eigenvalue weighted by Crippen LogP contribution is -2.31. The number of hydrogen-bond donors (Lipinski definition) is 1. The number of rotatable bonds is 11. The van der Waals surface area contributed by atoms with Crippen molar-refractivity contribution >= 4 is 0 Å². The van der Waals surface area contributed by atoms with Crippen LogP contribution in [-0.4, -0.2) is 52.9 Å². The zero-order valence-corrected chi connectivity index (χ0v) is 21.2. The van der Waals surface area contributed by atoms with Crippen molar-refractivity contribution in [2.45, 2.75) is 25.5 Å². The maximum Gasteiger partial charge on any atom is 0.166 e. The van der Waals surface area contributed by atoms with E-state index in [2.05, 4.69) is 54.6 Å². The van der Waals surface area contributed by atoms with E-state index in [0.717, 1.165) is 60.1 Å². The molecule has 1 aliphatic heterocycles. The summed E-state index contributed by atoms with van der Waals surface area (Å²) < 4.78 is 23.9. The smallest absolute Gasteiger partial charge is 0.166 e. The fraction of sp³-hybridized carbons (Fsp3) is 0.379. The second kappa shape index (κ2) is 12.0. The molecule has 35 heavy (non-hydrogen) atoms. The quantitative estimate of drug-likeness (QED) is 0.400. The van der Waals surface area contributed by atoms with E-state index in [1.54, 1.807) is 14.2 Å². The van der Waals surface area contributed by atoms with Gasteiger partial charge in [0, 0.05) is 18.7 Å². The van der Waals surface area contributed by atoms with Crippen LogP contribution in [-0.2, 0) is 13.0 Å². The number of hydrogen-bond acceptors (Lipinski definition) is 6. The summed E-state index contributed by atoms with van der Waals surface area (Å²) in [6.07, 6.45) is 1.87. The molecule has 186 valence electrons. The van der Waals surface area contributed by atoms with Crippen LogP contribution in [0.2, 0.25) is 0 Å². The summed E-state index contributed by atoms with van der Waals surface area (Å²) >= 11 is 0. The Bertz CT molecular complexity index is 1100. The Hall–Kier alpha value is -3.22. The first-order valence-electron chi connectivity index (χ1n) is 12.2. The van der Waals surface area contributed by atoms with Crippen LogP contribution < -0.4 is 24.3 Å². The average molecular weight is 477 g/mol. The molecule has 3 aromatic rings. The van der Waals surface area contributed by atoms with Gasteiger partial charge in [-0.15, -0.1) is 0 Å². The van der Waals surface area contributed by atoms with Gasteiger partial charge in [-0.2, -0.15) is 0 Å². The predicted molar refractivity (Wildman–Crippen MR) is 139 cm³/mol. The van der Waals surface area contributed by atoms with E-state index in [0.29, 0.717) is 13.2 Å². The number of benzene rings is 3. The van der Waals surface area contributed by atoms with Crippen molar-refractivity contribution in [3.05, 3.63) is 82.9 Å². The summed E-state index contributed by atoms with van der Waals surface area (Å²) in [4.78, 5) is 2.16. The molecular formula is C29H36N2O4. The molecule has 4 rings (SSSR count). The predicted octanol–water partition coefficient (Wildman–Crippen LogP) is 4.85. The molecule has 1 aliphatic rings. The molecule has 1 unspecified atom stereocenters. The second-order valence-corrected chi connectivity index (χ2v) is 9.00. The van der Waals surface area contributed by atoms with Gasteiger partial charge in [0.2, 0.25) is 0 Å². The second-order valence-electron chi connectivity index (χ2n) is 9.00. The van der Waals surface area contributed by atoms with Crippen molar-refractivity contribution in [3.8, 4) is 23.0 Å². The van der Waals surface area contributed by atoms with Gasteiger partial charge in [0.25, 0.3) is 0 Å². The number of nitrogens with zero attached hydrogens (tertiary/aromatic N) is 1. The standard InChI is InChI=1S/C29H36N2O4/c1-31(2)16-9-17-34-27-19-24-22(18-26(27)33-4)14-15-30-28(24)23-12-8-13-25(32-3)29(23)35-20-21-10-6-5-7-11-21/h5-8,10-13,18-19,28,30H,9,14-17,20H2,1-4H3. The summed E-state index contributed by atoms with van der Waals surface area (Å²) in [5, 5.41) is 3.69. The van der Waals surface area contributed by atoms with Gasteiger partial charge < -0.3 is 29.2 Å². The number of para-hydroxylation sites is 1. The zero-order valence-electron chi connectivity index (χ0n) is 21.2. The first-order chi connectivity index (χ1) is 17.1. The molecule has 3 aromatic carbocycles. The molecule has 0 fully saturated rings. The van der Waals surface area contributed by atoms with Crippen molar-refractivity contribution in [2.24, 2.45) is 0 Å². The lowest BCUT2D eigenvalue weighted by atomic mass is 9.88. The molecule has 0 amide bonds. The van der Waals surface area contributed by atoms with E-state index in [1.807, 2.05) is 30.3 Å². The summed E-state index contributed by atoms with van der Waals surface area (Å²) in [6, 6.07) is 20.5. The fourth-order valence-corrected chi connectivity index (χ4v) is 4.48. The monoisotopic (exact) mass is 476 g/mol. The largest absolute Gasteiger partial charge is 0.493 e. The van der Waals surface area contributed by atoms with Crippen LogP contribution in [0.3, 0.4) is 0 Å². The number of ether oxygens (including phenoxy) is 4. The van der Waals surface area contributed by atoms with Crippen LogP contribution in [0.4, 0.5) is 0 Å². The highest BCUT2D eigenvalue weighted by Crippen LogP contribution is 2.42. The van der Waals surface area contributed by atoms with E-state index < -0.39 is 0 Å². The summed E-state index contributed by atoms with van der Waals surface area (Å²) in [5.74, 6) is 3.03. The highest BCUT2D eigenvalue weighted by atomic mass is 16.5. The lowest BCUT2D eigenvalue weighted by molar-refractivity contribution is 0.267. The Kier molecular flexibility index (Phi) is 8.50. The molecule has 0 saturated heterocycles. The molecular weight excluding hydrogens is 440 g/mol. The minimum atomic E-state index is -0.0466. The summed E-state index contributed by atoms with van der Waals surface area (Å²) in [7, 11) is 7.52. The van der Waals surface area contributed by atoms with Gasteiger partial charge >= 0.3 is 0 Å². The zero-order chi connectivity index (χ0) is 24.6. The topological polar surface area (TPSA) is 52.2 Å². The molecule has 0 radical (unpaired) electrons. The van der Waals surface area contributed by atoms with Crippen molar-refractivity contribution in [1.29, 1.82) is 0 Å². The van der Waals surface area contributed by atoms with Gasteiger partial charge in [-0.25, -0.2) is 0 Å². The Labute approximate surface area is 208 Å². The third-order valence-corrected chi connectivity index (χ3v) is 6.25. The Morgan fingerprint density at radius 3 is 2.40 bits per heavy atom. The molecule has 6 nitrogen and oxygen atoms in total. The molecule has 6 heteroatoms. The Balaban J connectivity index is 1.65. The van der Waals surface area contributed by atoms with E-state index in [1.165, 1.54) is 11.1 Å². The SMILES string of the molecule is COc1cc2c(cc1OCCCN(C)C)C(c1cccc(OC)c1OCc1ccccc1)NCC2. The first kappa shape index (κ1) is 24.9. The van der Waals surface area contributed by atoms with Gasteiger partial charge in [-0.1, -0.05) is 42.5 Å². The molecule has 0 bridgehead atoms. The van der Waals surface area contributed by atoms with Crippen molar-refractivity contribution in [1.82, 2.24) is 10.2 Å². The van der Waals surface area contributed by atoms with Gasteiger partial charge in [0.15, 0.2) is 23.0 Å². The maximum atomic E-state index is 6.36. The van der Waals surface area contributed by atoms with Gasteiger partial charge in [-0.3, -0.25) is 0 Å². The van der Waals surface area contributed by atoms with Gasteiger partial charge in [-0.05, 0) is 61.8 Å². The summed E-state index contributed by atoms with van der Waals surface area (Å²) in [6.45, 7) is 2.94. The highest BCUT2D eigenvalue weighted by Gasteiger charge is 2.28. The van der Waals surface area contributed by atoms with Crippen molar-refractivity contribution < 1.29 is 18.9 Å². The maximum absolute atomic E-state index is 6.36. The molecule has 1 N–H and O–H groups in total. The van der Waals surface area contributed by atoms with Crippen molar-refractivity contribution in [3.63, 3.8) is 0 Å². The van der Waals surface area contributed by atoms with E-state index in [9.17, 15) is 0 Å². The summed E-state index contributed by atoms with van der Waals surface area (Å²) in [5.41, 5.74) is 4.59. The van der Waals surface area contributed by atoms with Crippen LogP contribution >= 0.6 is 0 Å². The van der Waals surface area contributed by atoms with Crippen LogP contribution in [0.25, 0.3) is 0 Å². The third-order valence-electron chi connectivity index (χ3n) is 6.25. The van der Waals surface area contributed by atoms with Crippen molar-refractivity contribution in [2.75, 3.05) is 48.0 Å². The normalized spacial score (nSPS) is 14.9. The van der Waals surface area contributed by atoms with E-state index in [4.69, 9.17) is 18.9 Å². The minimum Gasteiger partial charge on any atom is -0.493 e. The number of methoxy groups -OCH3 is 2. The van der Waals surface area contributed by atoms with E-state index >= 15 is 0 Å². The number of nitrogens with one attached hydrogen (secondary N) is 1. The van der Waals surface area contributed by atoms with Gasteiger partial charge in [0.05, 0.1) is 26.9 Å². The van der Waals surface area contributed by atoms with E-state index in [-0.39, 0.29) is 6.04 Å². The molecule has 1 atom stereocenters. The van der Waals surface area contributed by atoms with Crippen LogP contribution in [0, 0.1) is 0 Å². The third kappa shape index (κ3) is 6.08. The number of fused-ring (bicyclic) bond motifs is 1. The molecule has 0 aromatic heterocycles. The molecule has 1 heterocycles. The first-order valence-corrected chi connectivity index (χ1v) is 12.2. The fourth-order valence-electron chi connectivity index (χ4n) is 4.48. The van der Waals surface area contributed by atoms with Gasteiger partial charge in [0.1, 0.15) is 6.61 Å². The van der Waals surface area contributed by atoms with Crippen LogP contribution in [0.1, 0.15) is 34.7 Å². The Morgan fingerprint density at radius 2 is 1.66 bits per heavy atom. The minimum absolute atomic E-state index is 0.0466. The molecule has 0 saturated carbocycles. The average Bonchev–Trinajstić information content (AvgIpc) is 2.89. The molecule has 0 spiro atoms. The van der Waals surface area contributed by atoms with Crippen LogP contribution in [0.15, 0.2) is 60.7 Å².